The zero-order valence-electron chi connectivity index (χ0n) is 13.6. The van der Waals surface area contributed by atoms with Crippen LogP contribution in [-0.2, 0) is 11.2 Å². The number of hydrogen-bond acceptors (Lipinski definition) is 5. The third-order valence-electron chi connectivity index (χ3n) is 4.53. The van der Waals surface area contributed by atoms with Crippen LogP contribution in [0.4, 0.5) is 5.82 Å². The molecule has 3 aromatic rings. The van der Waals surface area contributed by atoms with Crippen LogP contribution in [0.3, 0.4) is 0 Å². The van der Waals surface area contributed by atoms with Crippen molar-refractivity contribution in [3.8, 4) is 0 Å². The first-order valence-corrected chi connectivity index (χ1v) is 8.45. The van der Waals surface area contributed by atoms with Crippen LogP contribution in [0.5, 0.6) is 0 Å². The number of fused-ring (bicyclic) bond motifs is 1. The third kappa shape index (κ3) is 3.23. The zero-order chi connectivity index (χ0) is 16.2. The van der Waals surface area contributed by atoms with Crippen molar-refractivity contribution in [1.29, 1.82) is 0 Å². The fourth-order valence-corrected chi connectivity index (χ4v) is 3.21. The number of aromatic nitrogens is 4. The van der Waals surface area contributed by atoms with Gasteiger partial charge in [-0.15, -0.1) is 0 Å². The molecule has 0 amide bonds. The van der Waals surface area contributed by atoms with E-state index in [0.717, 1.165) is 55.9 Å². The molecular weight excluding hydrogens is 302 g/mol. The van der Waals surface area contributed by atoms with Gasteiger partial charge in [-0.3, -0.25) is 0 Å². The fraction of sp³-hybridized carbons (Fsp3) is 0.389. The van der Waals surface area contributed by atoms with E-state index < -0.39 is 0 Å². The Morgan fingerprint density at radius 2 is 1.92 bits per heavy atom. The average molecular weight is 323 g/mol. The normalized spacial score (nSPS) is 15.9. The lowest BCUT2D eigenvalue weighted by Gasteiger charge is -2.32. The molecule has 0 radical (unpaired) electrons. The van der Waals surface area contributed by atoms with Crippen LogP contribution < -0.4 is 4.90 Å². The highest BCUT2D eigenvalue weighted by Gasteiger charge is 2.22. The van der Waals surface area contributed by atoms with Gasteiger partial charge in [0.05, 0.1) is 19.0 Å². The van der Waals surface area contributed by atoms with Gasteiger partial charge in [-0.25, -0.2) is 15.0 Å². The Morgan fingerprint density at radius 3 is 2.75 bits per heavy atom. The summed E-state index contributed by atoms with van der Waals surface area (Å²) in [5.74, 6) is 0.945. The Hall–Kier alpha value is -2.47. The number of imidazole rings is 1. The molecule has 6 nitrogen and oxygen atoms in total. The van der Waals surface area contributed by atoms with E-state index in [4.69, 9.17) is 4.74 Å². The topological polar surface area (TPSA) is 66.9 Å². The Bertz CT molecular complexity index is 780. The maximum Gasteiger partial charge on any atom is 0.182 e. The summed E-state index contributed by atoms with van der Waals surface area (Å²) in [6.07, 6.45) is 6.61. The second kappa shape index (κ2) is 6.97. The van der Waals surface area contributed by atoms with Crippen LogP contribution in [0, 0.1) is 0 Å². The van der Waals surface area contributed by atoms with Gasteiger partial charge in [0.2, 0.25) is 0 Å². The maximum atomic E-state index is 6.06. The molecule has 1 aliphatic heterocycles. The number of hydrogen-bond donors (Lipinski definition) is 1. The SMILES string of the molecule is c1ccc(CCOC2CCN(c3ncnc4nc[nH]c34)CC2)cc1. The number of anilines is 1. The molecule has 1 aromatic carbocycles. The molecule has 24 heavy (non-hydrogen) atoms. The standard InChI is InChI=1S/C18H21N5O/c1-2-4-14(5-3-1)8-11-24-15-6-9-23(10-7-15)18-16-17(20-12-19-16)21-13-22-18/h1-5,12-13,15H,6-11H2,(H,19,20,21,22). The largest absolute Gasteiger partial charge is 0.378 e. The van der Waals surface area contributed by atoms with Crippen molar-refractivity contribution < 1.29 is 4.74 Å². The smallest absolute Gasteiger partial charge is 0.182 e. The molecular formula is C18H21N5O. The average Bonchev–Trinajstić information content (AvgIpc) is 3.12. The van der Waals surface area contributed by atoms with Crippen LogP contribution >= 0.6 is 0 Å². The van der Waals surface area contributed by atoms with E-state index in [1.807, 2.05) is 6.07 Å². The lowest BCUT2D eigenvalue weighted by molar-refractivity contribution is 0.0390. The van der Waals surface area contributed by atoms with Crippen molar-refractivity contribution in [2.24, 2.45) is 0 Å². The summed E-state index contributed by atoms with van der Waals surface area (Å²) in [4.78, 5) is 18.2. The van der Waals surface area contributed by atoms with Gasteiger partial charge in [-0.05, 0) is 24.8 Å². The van der Waals surface area contributed by atoms with Crippen molar-refractivity contribution in [3.63, 3.8) is 0 Å². The Kier molecular flexibility index (Phi) is 4.38. The summed E-state index contributed by atoms with van der Waals surface area (Å²) in [5.41, 5.74) is 2.97. The Labute approximate surface area is 140 Å². The van der Waals surface area contributed by atoms with Crippen molar-refractivity contribution in [2.45, 2.75) is 25.4 Å². The number of nitrogens with zero attached hydrogens (tertiary/aromatic N) is 4. The van der Waals surface area contributed by atoms with Crippen LogP contribution in [0.2, 0.25) is 0 Å². The van der Waals surface area contributed by atoms with E-state index in [1.165, 1.54) is 5.56 Å². The minimum atomic E-state index is 0.337. The number of benzene rings is 1. The van der Waals surface area contributed by atoms with Crippen molar-refractivity contribution >= 4 is 17.0 Å². The van der Waals surface area contributed by atoms with Gasteiger partial charge in [0.15, 0.2) is 11.5 Å². The van der Waals surface area contributed by atoms with E-state index in [2.05, 4.69) is 49.1 Å². The lowest BCUT2D eigenvalue weighted by atomic mass is 10.1. The predicted molar refractivity (Wildman–Crippen MR) is 93.0 cm³/mol. The predicted octanol–water partition coefficient (Wildman–Crippen LogP) is 2.58. The third-order valence-corrected chi connectivity index (χ3v) is 4.53. The van der Waals surface area contributed by atoms with Crippen molar-refractivity contribution in [2.75, 3.05) is 24.6 Å². The zero-order valence-corrected chi connectivity index (χ0v) is 13.6. The van der Waals surface area contributed by atoms with Gasteiger partial charge in [0.25, 0.3) is 0 Å². The van der Waals surface area contributed by atoms with E-state index in [-0.39, 0.29) is 0 Å². The van der Waals surface area contributed by atoms with Gasteiger partial charge in [0.1, 0.15) is 11.8 Å². The van der Waals surface area contributed by atoms with Gasteiger partial charge in [-0.2, -0.15) is 0 Å². The minimum absolute atomic E-state index is 0.337. The number of nitrogens with one attached hydrogen (secondary N) is 1. The molecule has 0 saturated carbocycles. The van der Waals surface area contributed by atoms with Crippen LogP contribution in [0.1, 0.15) is 18.4 Å². The van der Waals surface area contributed by atoms with Crippen molar-refractivity contribution in [1.82, 2.24) is 19.9 Å². The summed E-state index contributed by atoms with van der Waals surface area (Å²) in [7, 11) is 0. The molecule has 124 valence electrons. The Morgan fingerprint density at radius 1 is 1.08 bits per heavy atom. The summed E-state index contributed by atoms with van der Waals surface area (Å²) in [6, 6.07) is 10.5. The molecule has 4 rings (SSSR count). The summed E-state index contributed by atoms with van der Waals surface area (Å²) in [5, 5.41) is 0. The lowest BCUT2D eigenvalue weighted by Crippen LogP contribution is -2.37. The number of rotatable bonds is 5. The highest BCUT2D eigenvalue weighted by atomic mass is 16.5. The molecule has 6 heteroatoms. The van der Waals surface area contributed by atoms with Gasteiger partial charge in [-0.1, -0.05) is 30.3 Å². The summed E-state index contributed by atoms with van der Waals surface area (Å²) < 4.78 is 6.06. The molecule has 0 bridgehead atoms. The summed E-state index contributed by atoms with van der Waals surface area (Å²) >= 11 is 0. The number of piperidine rings is 1. The van der Waals surface area contributed by atoms with E-state index in [1.54, 1.807) is 12.7 Å². The first kappa shape index (κ1) is 15.1. The molecule has 1 fully saturated rings. The number of H-pyrrole nitrogens is 1. The first-order valence-electron chi connectivity index (χ1n) is 8.45. The van der Waals surface area contributed by atoms with Gasteiger partial charge >= 0.3 is 0 Å². The van der Waals surface area contributed by atoms with Crippen LogP contribution in [0.15, 0.2) is 43.0 Å². The molecule has 0 spiro atoms. The van der Waals surface area contributed by atoms with E-state index >= 15 is 0 Å². The molecule has 1 N–H and O–H groups in total. The fourth-order valence-electron chi connectivity index (χ4n) is 3.21. The second-order valence-electron chi connectivity index (χ2n) is 6.09. The number of aromatic amines is 1. The molecule has 0 unspecified atom stereocenters. The second-order valence-corrected chi connectivity index (χ2v) is 6.09. The highest BCUT2D eigenvalue weighted by Crippen LogP contribution is 2.24. The summed E-state index contributed by atoms with van der Waals surface area (Å²) in [6.45, 7) is 2.68. The highest BCUT2D eigenvalue weighted by molar-refractivity contribution is 5.82. The van der Waals surface area contributed by atoms with E-state index in [0.29, 0.717) is 6.10 Å². The first-order chi connectivity index (χ1) is 11.9. The maximum absolute atomic E-state index is 6.06. The van der Waals surface area contributed by atoms with Gasteiger partial charge in [0, 0.05) is 13.1 Å². The van der Waals surface area contributed by atoms with Crippen LogP contribution in [0.25, 0.3) is 11.2 Å². The van der Waals surface area contributed by atoms with E-state index in [9.17, 15) is 0 Å². The van der Waals surface area contributed by atoms with Gasteiger partial charge < -0.3 is 14.6 Å². The molecule has 1 aliphatic rings. The molecule has 0 atom stereocenters. The van der Waals surface area contributed by atoms with Crippen molar-refractivity contribution in [3.05, 3.63) is 48.5 Å². The Balaban J connectivity index is 1.30. The quantitative estimate of drug-likeness (QED) is 0.782. The number of ether oxygens (including phenoxy) is 1. The minimum Gasteiger partial charge on any atom is -0.378 e. The molecule has 1 saturated heterocycles. The molecule has 3 heterocycles. The monoisotopic (exact) mass is 323 g/mol. The molecule has 0 aliphatic carbocycles. The molecule has 2 aromatic heterocycles. The van der Waals surface area contributed by atoms with Crippen LogP contribution in [-0.4, -0.2) is 45.7 Å².